The first-order chi connectivity index (χ1) is 11.2. The molecule has 5 N–H and O–H groups in total. The molecular formula is C20H25N3. The Labute approximate surface area is 138 Å². The Balaban J connectivity index is 1.72. The summed E-state index contributed by atoms with van der Waals surface area (Å²) in [6.07, 6.45) is 6.74. The molecule has 0 fully saturated rings. The number of nitrogens with one attached hydrogen (secondary N) is 1. The van der Waals surface area contributed by atoms with Gasteiger partial charge in [0.05, 0.1) is 0 Å². The number of rotatable bonds is 2. The second-order valence-electron chi connectivity index (χ2n) is 6.87. The highest BCUT2D eigenvalue weighted by molar-refractivity contribution is 5.69. The van der Waals surface area contributed by atoms with Gasteiger partial charge in [-0.05, 0) is 72.9 Å². The third-order valence-electron chi connectivity index (χ3n) is 5.38. The molecule has 0 amide bonds. The summed E-state index contributed by atoms with van der Waals surface area (Å²) in [4.78, 5) is 0. The minimum absolute atomic E-state index is 0.179. The predicted octanol–water partition coefficient (Wildman–Crippen LogP) is 4.10. The van der Waals surface area contributed by atoms with Crippen LogP contribution in [-0.2, 0) is 12.8 Å². The van der Waals surface area contributed by atoms with Crippen LogP contribution in [0.25, 0.3) is 0 Å². The Morgan fingerprint density at radius 2 is 1.22 bits per heavy atom. The molecule has 0 unspecified atom stereocenters. The highest BCUT2D eigenvalue weighted by atomic mass is 14.9. The fraction of sp³-hybridized carbons (Fsp3) is 0.400. The molecule has 2 aliphatic rings. The fourth-order valence-electron chi connectivity index (χ4n) is 4.15. The van der Waals surface area contributed by atoms with E-state index >= 15 is 0 Å². The molecule has 0 saturated heterocycles. The molecule has 0 aromatic heterocycles. The van der Waals surface area contributed by atoms with Gasteiger partial charge in [-0.1, -0.05) is 24.3 Å². The van der Waals surface area contributed by atoms with Gasteiger partial charge < -0.3 is 16.8 Å². The molecule has 2 atom stereocenters. The summed E-state index contributed by atoms with van der Waals surface area (Å²) < 4.78 is 0. The maximum atomic E-state index is 6.29. The van der Waals surface area contributed by atoms with Gasteiger partial charge in [0.15, 0.2) is 0 Å². The van der Waals surface area contributed by atoms with Crippen molar-refractivity contribution in [2.75, 3.05) is 5.32 Å². The van der Waals surface area contributed by atoms with Gasteiger partial charge in [0.2, 0.25) is 0 Å². The molecule has 23 heavy (non-hydrogen) atoms. The Bertz CT molecular complexity index is 661. The number of nitrogens with two attached hydrogens (primary N) is 2. The quantitative estimate of drug-likeness (QED) is 0.782. The van der Waals surface area contributed by atoms with E-state index in [0.717, 1.165) is 25.7 Å². The standard InChI is InChI=1S/C20H25N3/c21-17-9-1-7-15-13(17)5-3-11-19(15)23-20-12-4-6-14-16(20)8-2-10-18(14)22/h3-6,11-12,17-18,23H,1-2,7-10,21-22H2/t17-,18-/m1/s1. The van der Waals surface area contributed by atoms with Crippen LogP contribution < -0.4 is 16.8 Å². The van der Waals surface area contributed by atoms with Gasteiger partial charge in [-0.3, -0.25) is 0 Å². The molecule has 2 aromatic rings. The first-order valence-corrected chi connectivity index (χ1v) is 8.76. The van der Waals surface area contributed by atoms with Crippen molar-refractivity contribution in [3.63, 3.8) is 0 Å². The smallest absolute Gasteiger partial charge is 0.0420 e. The number of hydrogen-bond donors (Lipinski definition) is 3. The molecule has 0 bridgehead atoms. The highest BCUT2D eigenvalue weighted by Crippen LogP contribution is 2.37. The minimum Gasteiger partial charge on any atom is -0.355 e. The van der Waals surface area contributed by atoms with Crippen molar-refractivity contribution in [2.24, 2.45) is 11.5 Å². The molecule has 0 saturated carbocycles. The van der Waals surface area contributed by atoms with Gasteiger partial charge in [-0.25, -0.2) is 0 Å². The molecule has 3 nitrogen and oxygen atoms in total. The second-order valence-corrected chi connectivity index (χ2v) is 6.87. The molecule has 2 aliphatic carbocycles. The third-order valence-corrected chi connectivity index (χ3v) is 5.38. The van der Waals surface area contributed by atoms with Crippen LogP contribution in [0.15, 0.2) is 36.4 Å². The number of fused-ring (bicyclic) bond motifs is 2. The normalized spacial score (nSPS) is 23.0. The molecule has 4 rings (SSSR count). The average Bonchev–Trinajstić information content (AvgIpc) is 2.57. The van der Waals surface area contributed by atoms with E-state index in [1.807, 2.05) is 0 Å². The Hall–Kier alpha value is -1.84. The third kappa shape index (κ3) is 2.64. The fourth-order valence-corrected chi connectivity index (χ4v) is 4.15. The van der Waals surface area contributed by atoms with Gasteiger partial charge in [0.25, 0.3) is 0 Å². The maximum absolute atomic E-state index is 6.29. The van der Waals surface area contributed by atoms with Crippen molar-refractivity contribution in [2.45, 2.75) is 50.6 Å². The van der Waals surface area contributed by atoms with Crippen LogP contribution in [0.3, 0.4) is 0 Å². The van der Waals surface area contributed by atoms with E-state index in [9.17, 15) is 0 Å². The first-order valence-electron chi connectivity index (χ1n) is 8.76. The molecule has 120 valence electrons. The second kappa shape index (κ2) is 5.99. The lowest BCUT2D eigenvalue weighted by atomic mass is 9.86. The number of anilines is 2. The zero-order chi connectivity index (χ0) is 15.8. The predicted molar refractivity (Wildman–Crippen MR) is 95.9 cm³/mol. The van der Waals surface area contributed by atoms with Crippen molar-refractivity contribution in [1.82, 2.24) is 0 Å². The van der Waals surface area contributed by atoms with E-state index in [-0.39, 0.29) is 12.1 Å². The van der Waals surface area contributed by atoms with Crippen molar-refractivity contribution in [3.05, 3.63) is 58.7 Å². The van der Waals surface area contributed by atoms with Gasteiger partial charge in [-0.2, -0.15) is 0 Å². The van der Waals surface area contributed by atoms with Crippen molar-refractivity contribution >= 4 is 11.4 Å². The largest absolute Gasteiger partial charge is 0.355 e. The van der Waals surface area contributed by atoms with E-state index in [1.165, 1.54) is 46.5 Å². The summed E-state index contributed by atoms with van der Waals surface area (Å²) in [5, 5.41) is 3.69. The van der Waals surface area contributed by atoms with Crippen LogP contribution in [0.2, 0.25) is 0 Å². The van der Waals surface area contributed by atoms with Gasteiger partial charge in [-0.15, -0.1) is 0 Å². The topological polar surface area (TPSA) is 64.1 Å². The van der Waals surface area contributed by atoms with E-state index < -0.39 is 0 Å². The van der Waals surface area contributed by atoms with E-state index in [4.69, 9.17) is 11.5 Å². The number of benzene rings is 2. The van der Waals surface area contributed by atoms with Crippen LogP contribution in [-0.4, -0.2) is 0 Å². The SMILES string of the molecule is N[C@@H]1CCCc2c(Nc3cccc4c3CCC[C@H]4N)cccc21. The lowest BCUT2D eigenvalue weighted by Gasteiger charge is -2.27. The summed E-state index contributed by atoms with van der Waals surface area (Å²) in [7, 11) is 0. The molecular weight excluding hydrogens is 282 g/mol. The van der Waals surface area contributed by atoms with Crippen LogP contribution in [0.5, 0.6) is 0 Å². The van der Waals surface area contributed by atoms with Crippen molar-refractivity contribution in [3.8, 4) is 0 Å². The van der Waals surface area contributed by atoms with Crippen molar-refractivity contribution in [1.29, 1.82) is 0 Å². The molecule has 2 aromatic carbocycles. The summed E-state index contributed by atoms with van der Waals surface area (Å²) in [5.74, 6) is 0. The average molecular weight is 307 g/mol. The lowest BCUT2D eigenvalue weighted by molar-refractivity contribution is 0.570. The molecule has 0 radical (unpaired) electrons. The van der Waals surface area contributed by atoms with E-state index in [1.54, 1.807) is 0 Å². The zero-order valence-corrected chi connectivity index (χ0v) is 13.5. The van der Waals surface area contributed by atoms with Crippen LogP contribution >= 0.6 is 0 Å². The van der Waals surface area contributed by atoms with Crippen molar-refractivity contribution < 1.29 is 0 Å². The van der Waals surface area contributed by atoms with E-state index in [0.29, 0.717) is 0 Å². The zero-order valence-electron chi connectivity index (χ0n) is 13.5. The van der Waals surface area contributed by atoms with Crippen LogP contribution in [0.4, 0.5) is 11.4 Å². The summed E-state index contributed by atoms with van der Waals surface area (Å²) in [6, 6.07) is 13.3. The number of hydrogen-bond acceptors (Lipinski definition) is 3. The summed E-state index contributed by atoms with van der Waals surface area (Å²) in [5.41, 5.74) is 20.4. The molecule has 0 heterocycles. The highest BCUT2D eigenvalue weighted by Gasteiger charge is 2.22. The monoisotopic (exact) mass is 307 g/mol. The Kier molecular flexibility index (Phi) is 3.83. The summed E-state index contributed by atoms with van der Waals surface area (Å²) >= 11 is 0. The Morgan fingerprint density at radius 3 is 1.70 bits per heavy atom. The maximum Gasteiger partial charge on any atom is 0.0420 e. The lowest BCUT2D eigenvalue weighted by Crippen LogP contribution is -2.19. The van der Waals surface area contributed by atoms with Gasteiger partial charge >= 0.3 is 0 Å². The van der Waals surface area contributed by atoms with Gasteiger partial charge in [0, 0.05) is 23.5 Å². The van der Waals surface area contributed by atoms with Crippen LogP contribution in [0.1, 0.15) is 60.0 Å². The van der Waals surface area contributed by atoms with Gasteiger partial charge in [0.1, 0.15) is 0 Å². The summed E-state index contributed by atoms with van der Waals surface area (Å²) in [6.45, 7) is 0. The molecule has 0 aliphatic heterocycles. The first kappa shape index (κ1) is 14.7. The molecule has 3 heteroatoms. The minimum atomic E-state index is 0.179. The molecule has 0 spiro atoms. The van der Waals surface area contributed by atoms with Crippen LogP contribution in [0, 0.1) is 0 Å². The Morgan fingerprint density at radius 1 is 0.739 bits per heavy atom. The van der Waals surface area contributed by atoms with E-state index in [2.05, 4.69) is 41.7 Å².